The van der Waals surface area contributed by atoms with Gasteiger partial charge in [0, 0.05) is 46.9 Å². The van der Waals surface area contributed by atoms with Crippen molar-refractivity contribution in [2.45, 2.75) is 47.2 Å². The van der Waals surface area contributed by atoms with Crippen molar-refractivity contribution in [2.24, 2.45) is 0 Å². The molecular formula is C27H31N3O2. The van der Waals surface area contributed by atoms with Crippen molar-refractivity contribution in [1.29, 1.82) is 0 Å². The largest absolute Gasteiger partial charge is 0.343 e. The van der Waals surface area contributed by atoms with Gasteiger partial charge >= 0.3 is 0 Å². The van der Waals surface area contributed by atoms with Gasteiger partial charge in [-0.15, -0.1) is 0 Å². The van der Waals surface area contributed by atoms with E-state index in [1.165, 1.54) is 16.7 Å². The van der Waals surface area contributed by atoms with Gasteiger partial charge in [0.25, 0.3) is 11.8 Å². The van der Waals surface area contributed by atoms with Crippen molar-refractivity contribution in [3.05, 3.63) is 89.1 Å². The minimum absolute atomic E-state index is 0.194. The molecule has 0 saturated heterocycles. The average Bonchev–Trinajstić information content (AvgIpc) is 3.12. The standard InChI is InChI=1S/C27H31N3O2/c1-19(2)16-17-29-18-23(24-8-6-7-9-25(24)29)14-15-26(31)30(20(3)4)28-27(32)22-12-10-21(5)11-13-22/h6-16,18,20H,17H2,1-5H3,(H,28,32). The molecule has 2 aromatic carbocycles. The van der Waals surface area contributed by atoms with Crippen LogP contribution in [0.4, 0.5) is 0 Å². The Labute approximate surface area is 190 Å². The highest BCUT2D eigenvalue weighted by molar-refractivity contribution is 5.99. The van der Waals surface area contributed by atoms with Crippen molar-refractivity contribution < 1.29 is 9.59 Å². The molecule has 5 heteroatoms. The van der Waals surface area contributed by atoms with Crippen LogP contribution in [0.1, 0.15) is 49.2 Å². The second kappa shape index (κ2) is 10.1. The van der Waals surface area contributed by atoms with Crippen LogP contribution in [0, 0.1) is 6.92 Å². The molecule has 1 heterocycles. The van der Waals surface area contributed by atoms with Crippen LogP contribution in [0.15, 0.2) is 72.5 Å². The highest BCUT2D eigenvalue weighted by Gasteiger charge is 2.18. The van der Waals surface area contributed by atoms with Gasteiger partial charge in [-0.1, -0.05) is 47.5 Å². The van der Waals surface area contributed by atoms with Gasteiger partial charge in [0.15, 0.2) is 0 Å². The molecule has 0 saturated carbocycles. The zero-order valence-corrected chi connectivity index (χ0v) is 19.4. The van der Waals surface area contributed by atoms with Crippen molar-refractivity contribution in [3.63, 3.8) is 0 Å². The molecule has 0 aliphatic heterocycles. The molecule has 5 nitrogen and oxygen atoms in total. The smallest absolute Gasteiger partial charge is 0.269 e. The Bertz CT molecular complexity index is 1160. The maximum Gasteiger partial charge on any atom is 0.269 e. The van der Waals surface area contributed by atoms with E-state index in [4.69, 9.17) is 0 Å². The van der Waals surface area contributed by atoms with E-state index in [1.807, 2.05) is 51.1 Å². The number of carbonyl (C=O) groups is 2. The highest BCUT2D eigenvalue weighted by Crippen LogP contribution is 2.23. The van der Waals surface area contributed by atoms with Gasteiger partial charge in [-0.2, -0.15) is 0 Å². The van der Waals surface area contributed by atoms with Gasteiger partial charge in [0.1, 0.15) is 0 Å². The van der Waals surface area contributed by atoms with Crippen LogP contribution in [0.3, 0.4) is 0 Å². The van der Waals surface area contributed by atoms with Gasteiger partial charge in [0.05, 0.1) is 0 Å². The fraction of sp³-hybridized carbons (Fsp3) is 0.259. The minimum Gasteiger partial charge on any atom is -0.343 e. The molecule has 1 aromatic heterocycles. The molecule has 0 fully saturated rings. The number of para-hydroxylation sites is 1. The number of amides is 2. The molecule has 0 spiro atoms. The third-order valence-electron chi connectivity index (χ3n) is 5.21. The number of carbonyl (C=O) groups excluding carboxylic acids is 2. The van der Waals surface area contributed by atoms with Gasteiger partial charge in [-0.05, 0) is 58.9 Å². The number of hydrogen-bond acceptors (Lipinski definition) is 2. The van der Waals surface area contributed by atoms with Gasteiger partial charge in [-0.25, -0.2) is 5.01 Å². The first-order valence-corrected chi connectivity index (χ1v) is 10.9. The number of rotatable bonds is 6. The summed E-state index contributed by atoms with van der Waals surface area (Å²) in [6.45, 7) is 10.6. The molecule has 0 aliphatic rings. The summed E-state index contributed by atoms with van der Waals surface area (Å²) < 4.78 is 2.17. The average molecular weight is 430 g/mol. The van der Waals surface area contributed by atoms with E-state index in [2.05, 4.69) is 48.2 Å². The lowest BCUT2D eigenvalue weighted by atomic mass is 10.1. The number of aryl methyl sites for hydroxylation is 1. The normalized spacial score (nSPS) is 11.2. The van der Waals surface area contributed by atoms with Crippen LogP contribution in [0.5, 0.6) is 0 Å². The van der Waals surface area contributed by atoms with Gasteiger partial charge < -0.3 is 4.57 Å². The maximum atomic E-state index is 12.9. The summed E-state index contributed by atoms with van der Waals surface area (Å²) in [4.78, 5) is 25.6. The second-order valence-corrected chi connectivity index (χ2v) is 8.48. The van der Waals surface area contributed by atoms with Gasteiger partial charge in [0.2, 0.25) is 0 Å². The number of nitrogens with zero attached hydrogens (tertiary/aromatic N) is 2. The number of benzene rings is 2. The molecule has 1 N–H and O–H groups in total. The summed E-state index contributed by atoms with van der Waals surface area (Å²) in [5.74, 6) is -0.583. The van der Waals surface area contributed by atoms with E-state index in [-0.39, 0.29) is 17.9 Å². The molecule has 0 aliphatic carbocycles. The van der Waals surface area contributed by atoms with Crippen LogP contribution in [-0.4, -0.2) is 27.4 Å². The van der Waals surface area contributed by atoms with Gasteiger partial charge in [-0.3, -0.25) is 15.0 Å². The number of aromatic nitrogens is 1. The zero-order valence-electron chi connectivity index (χ0n) is 19.4. The Morgan fingerprint density at radius 2 is 1.75 bits per heavy atom. The minimum atomic E-state index is -0.307. The molecule has 0 bridgehead atoms. The highest BCUT2D eigenvalue weighted by atomic mass is 16.2. The quantitative estimate of drug-likeness (QED) is 0.319. The van der Waals surface area contributed by atoms with Crippen LogP contribution in [-0.2, 0) is 11.3 Å². The molecule has 0 radical (unpaired) electrons. The Morgan fingerprint density at radius 3 is 2.41 bits per heavy atom. The maximum absolute atomic E-state index is 12.9. The molecule has 32 heavy (non-hydrogen) atoms. The lowest BCUT2D eigenvalue weighted by Gasteiger charge is -2.26. The molecule has 166 valence electrons. The van der Waals surface area contributed by atoms with Crippen LogP contribution in [0.25, 0.3) is 17.0 Å². The fourth-order valence-electron chi connectivity index (χ4n) is 3.40. The predicted molar refractivity (Wildman–Crippen MR) is 131 cm³/mol. The third-order valence-corrected chi connectivity index (χ3v) is 5.21. The van der Waals surface area contributed by atoms with E-state index in [0.29, 0.717) is 5.56 Å². The Hall–Kier alpha value is -3.60. The Morgan fingerprint density at radius 1 is 1.06 bits per heavy atom. The first-order valence-electron chi connectivity index (χ1n) is 10.9. The summed E-state index contributed by atoms with van der Waals surface area (Å²) in [6.07, 6.45) is 7.56. The fourth-order valence-corrected chi connectivity index (χ4v) is 3.40. The number of fused-ring (bicyclic) bond motifs is 1. The topological polar surface area (TPSA) is 54.3 Å². The van der Waals surface area contributed by atoms with E-state index in [9.17, 15) is 9.59 Å². The zero-order chi connectivity index (χ0) is 23.3. The SMILES string of the molecule is CC(C)=CCn1cc(C=CC(=O)N(NC(=O)c2ccc(C)cc2)C(C)C)c2ccccc21. The summed E-state index contributed by atoms with van der Waals surface area (Å²) in [7, 11) is 0. The molecule has 0 unspecified atom stereocenters. The Balaban J connectivity index is 1.81. The number of allylic oxidation sites excluding steroid dienone is 2. The van der Waals surface area contributed by atoms with Crippen LogP contribution in [0.2, 0.25) is 0 Å². The van der Waals surface area contributed by atoms with Crippen LogP contribution < -0.4 is 5.43 Å². The van der Waals surface area contributed by atoms with E-state index in [1.54, 1.807) is 12.1 Å². The van der Waals surface area contributed by atoms with E-state index in [0.717, 1.165) is 28.6 Å². The summed E-state index contributed by atoms with van der Waals surface area (Å²) in [6, 6.07) is 15.2. The Kier molecular flexibility index (Phi) is 7.31. The lowest BCUT2D eigenvalue weighted by Crippen LogP contribution is -2.49. The molecule has 3 aromatic rings. The second-order valence-electron chi connectivity index (χ2n) is 8.48. The first kappa shape index (κ1) is 23.1. The van der Waals surface area contributed by atoms with Crippen molar-refractivity contribution in [2.75, 3.05) is 0 Å². The van der Waals surface area contributed by atoms with Crippen molar-refractivity contribution >= 4 is 28.8 Å². The van der Waals surface area contributed by atoms with E-state index < -0.39 is 0 Å². The van der Waals surface area contributed by atoms with Crippen molar-refractivity contribution in [1.82, 2.24) is 15.0 Å². The summed E-state index contributed by atoms with van der Waals surface area (Å²) in [5, 5.41) is 2.44. The molecule has 0 atom stereocenters. The van der Waals surface area contributed by atoms with Crippen molar-refractivity contribution in [3.8, 4) is 0 Å². The third kappa shape index (κ3) is 5.55. The summed E-state index contributed by atoms with van der Waals surface area (Å²) in [5.41, 5.74) is 7.67. The number of nitrogens with one attached hydrogen (secondary N) is 1. The number of hydrogen-bond donors (Lipinski definition) is 1. The lowest BCUT2D eigenvalue weighted by molar-refractivity contribution is -0.130. The first-order chi connectivity index (χ1) is 15.3. The molecule has 2 amide bonds. The predicted octanol–water partition coefficient (Wildman–Crippen LogP) is 5.51. The number of hydrazine groups is 1. The van der Waals surface area contributed by atoms with Crippen LogP contribution >= 0.6 is 0 Å². The molecule has 3 rings (SSSR count). The van der Waals surface area contributed by atoms with E-state index >= 15 is 0 Å². The summed E-state index contributed by atoms with van der Waals surface area (Å²) >= 11 is 0. The molecular weight excluding hydrogens is 398 g/mol. The monoisotopic (exact) mass is 429 g/mol.